The molecule has 0 amide bonds. The minimum Gasteiger partial charge on any atom is -0.309 e. The molecule has 1 aromatic heterocycles. The van der Waals surface area contributed by atoms with Crippen LogP contribution in [0.1, 0.15) is 44.5 Å². The van der Waals surface area contributed by atoms with Crippen molar-refractivity contribution >= 4 is 71.2 Å². The standard InChI is InChI=1S/C74H44N2/c1-2-22-48-46(20-1)47-21-3-4-23-49(47)57-44-45(42-43-50(48)57)75(68-40-18-35-63-70(68)55-27-7-12-32-60(55)73(63)58-30-10-5-24-51(58)52-25-6-11-31-59(52)73)69-41-19-36-64-71(69)56-28-8-13-33-61(56)74(64)62-34-14-16-39-67(62)76-66-38-15-9-26-53(66)54-29-17-37-65(74)72(54)76/h1-44H. The molecule has 2 heterocycles. The zero-order valence-corrected chi connectivity index (χ0v) is 41.3. The summed E-state index contributed by atoms with van der Waals surface area (Å²) in [6, 6.07) is 102. The quantitative estimate of drug-likeness (QED) is 0.160. The lowest BCUT2D eigenvalue weighted by atomic mass is 9.65. The number of fused-ring (bicyclic) bond motifs is 28. The zero-order valence-electron chi connectivity index (χ0n) is 41.3. The lowest BCUT2D eigenvalue weighted by Crippen LogP contribution is -2.33. The molecule has 0 radical (unpaired) electrons. The van der Waals surface area contributed by atoms with Gasteiger partial charge in [0, 0.05) is 27.6 Å². The van der Waals surface area contributed by atoms with Gasteiger partial charge in [-0.2, -0.15) is 0 Å². The Morgan fingerprint density at radius 2 is 0.658 bits per heavy atom. The number of hydrogen-bond acceptors (Lipinski definition) is 1. The Morgan fingerprint density at radius 3 is 1.25 bits per heavy atom. The predicted molar refractivity (Wildman–Crippen MR) is 315 cm³/mol. The van der Waals surface area contributed by atoms with Gasteiger partial charge in [-0.05, 0) is 135 Å². The van der Waals surface area contributed by atoms with Crippen molar-refractivity contribution < 1.29 is 0 Å². The highest BCUT2D eigenvalue weighted by Gasteiger charge is 2.54. The smallest absolute Gasteiger partial charge is 0.0755 e. The van der Waals surface area contributed by atoms with Gasteiger partial charge < -0.3 is 9.47 Å². The third kappa shape index (κ3) is 4.72. The number of hydrogen-bond donors (Lipinski definition) is 0. The molecule has 76 heavy (non-hydrogen) atoms. The van der Waals surface area contributed by atoms with Crippen LogP contribution < -0.4 is 4.90 Å². The predicted octanol–water partition coefficient (Wildman–Crippen LogP) is 18.7. The first-order valence-corrected chi connectivity index (χ1v) is 26.7. The third-order valence-electron chi connectivity index (χ3n) is 18.2. The molecule has 18 rings (SSSR count). The first kappa shape index (κ1) is 40.7. The van der Waals surface area contributed by atoms with Gasteiger partial charge in [0.15, 0.2) is 0 Å². The van der Waals surface area contributed by atoms with Crippen LogP contribution in [0.5, 0.6) is 0 Å². The fourth-order valence-corrected chi connectivity index (χ4v) is 15.5. The van der Waals surface area contributed by atoms with E-state index >= 15 is 0 Å². The summed E-state index contributed by atoms with van der Waals surface area (Å²) in [7, 11) is 0. The summed E-state index contributed by atoms with van der Waals surface area (Å²) in [4.78, 5) is 2.64. The highest BCUT2D eigenvalue weighted by atomic mass is 15.2. The van der Waals surface area contributed by atoms with Crippen LogP contribution in [-0.2, 0) is 10.8 Å². The van der Waals surface area contributed by atoms with Gasteiger partial charge in [-0.25, -0.2) is 0 Å². The molecule has 14 aromatic rings. The molecule has 0 saturated carbocycles. The summed E-state index contributed by atoms with van der Waals surface area (Å²) in [6.45, 7) is 0. The Morgan fingerprint density at radius 1 is 0.263 bits per heavy atom. The van der Waals surface area contributed by atoms with E-state index in [1.807, 2.05) is 0 Å². The monoisotopic (exact) mass is 960 g/mol. The van der Waals surface area contributed by atoms with E-state index in [1.54, 1.807) is 0 Å². The van der Waals surface area contributed by atoms with E-state index in [2.05, 4.69) is 276 Å². The molecule has 0 fully saturated rings. The van der Waals surface area contributed by atoms with Gasteiger partial charge >= 0.3 is 0 Å². The molecule has 350 valence electrons. The summed E-state index contributed by atoms with van der Waals surface area (Å²) in [5, 5.41) is 10.1. The minimum absolute atomic E-state index is 0.502. The van der Waals surface area contributed by atoms with E-state index in [-0.39, 0.29) is 0 Å². The first-order chi connectivity index (χ1) is 37.8. The summed E-state index contributed by atoms with van der Waals surface area (Å²) in [5.41, 5.74) is 24.3. The summed E-state index contributed by atoms with van der Waals surface area (Å²) < 4.78 is 2.54. The van der Waals surface area contributed by atoms with Crippen molar-refractivity contribution in [1.82, 2.24) is 4.57 Å². The van der Waals surface area contributed by atoms with Gasteiger partial charge in [0.1, 0.15) is 0 Å². The number of benzene rings is 13. The molecule has 4 aliphatic rings. The van der Waals surface area contributed by atoms with Crippen LogP contribution in [0, 0.1) is 0 Å². The lowest BCUT2D eigenvalue weighted by molar-refractivity contribution is 0.748. The molecule has 3 aliphatic carbocycles. The summed E-state index contributed by atoms with van der Waals surface area (Å²) in [6.07, 6.45) is 0. The Hall–Kier alpha value is -9.76. The summed E-state index contributed by atoms with van der Waals surface area (Å²) in [5.74, 6) is 0. The molecule has 1 aliphatic heterocycles. The Bertz CT molecular complexity index is 4830. The highest BCUT2D eigenvalue weighted by molar-refractivity contribution is 6.26. The number of nitrogens with zero attached hydrogens (tertiary/aromatic N) is 2. The Kier molecular flexibility index (Phi) is 7.77. The highest BCUT2D eigenvalue weighted by Crippen LogP contribution is 2.67. The molecule has 0 bridgehead atoms. The van der Waals surface area contributed by atoms with Crippen LogP contribution in [0.2, 0.25) is 0 Å². The van der Waals surface area contributed by atoms with Crippen molar-refractivity contribution in [3.05, 3.63) is 311 Å². The number of para-hydroxylation sites is 3. The van der Waals surface area contributed by atoms with E-state index in [0.29, 0.717) is 0 Å². The van der Waals surface area contributed by atoms with Crippen molar-refractivity contribution in [3.63, 3.8) is 0 Å². The summed E-state index contributed by atoms with van der Waals surface area (Å²) >= 11 is 0. The van der Waals surface area contributed by atoms with Crippen LogP contribution >= 0.6 is 0 Å². The number of rotatable bonds is 3. The Labute approximate surface area is 439 Å². The zero-order chi connectivity index (χ0) is 49.4. The Balaban J connectivity index is 0.988. The van der Waals surface area contributed by atoms with E-state index in [0.717, 1.165) is 17.1 Å². The molecule has 0 saturated heterocycles. The van der Waals surface area contributed by atoms with E-state index in [4.69, 9.17) is 0 Å². The van der Waals surface area contributed by atoms with Crippen LogP contribution in [0.3, 0.4) is 0 Å². The second-order valence-electron chi connectivity index (χ2n) is 21.3. The van der Waals surface area contributed by atoms with Crippen LogP contribution in [0.25, 0.3) is 93.2 Å². The minimum atomic E-state index is -0.612. The fourth-order valence-electron chi connectivity index (χ4n) is 15.5. The van der Waals surface area contributed by atoms with Crippen LogP contribution in [-0.4, -0.2) is 4.57 Å². The van der Waals surface area contributed by atoms with Crippen LogP contribution in [0.15, 0.2) is 267 Å². The molecule has 1 atom stereocenters. The van der Waals surface area contributed by atoms with Crippen molar-refractivity contribution in [3.8, 4) is 39.1 Å². The maximum Gasteiger partial charge on any atom is 0.0755 e. The molecule has 2 spiro atoms. The van der Waals surface area contributed by atoms with Crippen molar-refractivity contribution in [2.45, 2.75) is 10.8 Å². The average molecular weight is 961 g/mol. The molecule has 0 N–H and O–H groups in total. The molecule has 1 unspecified atom stereocenters. The lowest BCUT2D eigenvalue weighted by Gasteiger charge is -2.39. The van der Waals surface area contributed by atoms with E-state index in [9.17, 15) is 0 Å². The molecule has 2 heteroatoms. The fraction of sp³-hybridized carbons (Fsp3) is 0.0270. The van der Waals surface area contributed by atoms with Crippen molar-refractivity contribution in [2.24, 2.45) is 0 Å². The SMILES string of the molecule is c1ccc2c(c1)-c1ccccc1C21c2ccccc2-c2c(N(c3ccc4c5ccccc5c5ccccc5c4c3)c3cccc4c3-c3ccccc3C43c4ccccc4-n4c5ccccc5c5cccc3c54)cccc21. The third-order valence-corrected chi connectivity index (χ3v) is 18.2. The van der Waals surface area contributed by atoms with Gasteiger partial charge in [0.05, 0.1) is 38.9 Å². The van der Waals surface area contributed by atoms with Crippen LogP contribution in [0.4, 0.5) is 17.1 Å². The van der Waals surface area contributed by atoms with Crippen molar-refractivity contribution in [1.29, 1.82) is 0 Å². The maximum absolute atomic E-state index is 2.64. The van der Waals surface area contributed by atoms with E-state index < -0.39 is 10.8 Å². The van der Waals surface area contributed by atoms with Crippen molar-refractivity contribution in [2.75, 3.05) is 4.90 Å². The van der Waals surface area contributed by atoms with Gasteiger partial charge in [0.2, 0.25) is 0 Å². The average Bonchev–Trinajstić information content (AvgIpc) is 4.23. The number of aromatic nitrogens is 1. The number of anilines is 3. The molecular weight excluding hydrogens is 917 g/mol. The molecule has 2 nitrogen and oxygen atoms in total. The molecular formula is C74H44N2. The van der Waals surface area contributed by atoms with Gasteiger partial charge in [-0.15, -0.1) is 0 Å². The van der Waals surface area contributed by atoms with Gasteiger partial charge in [-0.3, -0.25) is 0 Å². The largest absolute Gasteiger partial charge is 0.309 e. The second kappa shape index (κ2) is 14.5. The first-order valence-electron chi connectivity index (χ1n) is 26.7. The van der Waals surface area contributed by atoms with Gasteiger partial charge in [-0.1, -0.05) is 231 Å². The normalized spacial score (nSPS) is 15.5. The van der Waals surface area contributed by atoms with Gasteiger partial charge in [0.25, 0.3) is 0 Å². The molecule has 13 aromatic carbocycles. The maximum atomic E-state index is 2.64. The topological polar surface area (TPSA) is 8.17 Å². The second-order valence-corrected chi connectivity index (χ2v) is 21.3. The van der Waals surface area contributed by atoms with E-state index in [1.165, 1.54) is 138 Å².